The maximum atomic E-state index is 3.89. The van der Waals surface area contributed by atoms with Gasteiger partial charge in [0.2, 0.25) is 0 Å². The summed E-state index contributed by atoms with van der Waals surface area (Å²) in [6, 6.07) is 8.39. The third-order valence-corrected chi connectivity index (χ3v) is 3.33. The molecule has 0 aromatic heterocycles. The Morgan fingerprint density at radius 2 is 1.37 bits per heavy atom. The fourth-order valence-corrected chi connectivity index (χ4v) is 2.48. The molecule has 1 heteroatoms. The van der Waals surface area contributed by atoms with Gasteiger partial charge in [-0.15, -0.1) is 0 Å². The number of rotatable bonds is 9. The van der Waals surface area contributed by atoms with Gasteiger partial charge in [0.05, 0.1) is 19.6 Å². The Kier molecular flexibility index (Phi) is 6.04. The van der Waals surface area contributed by atoms with Crippen LogP contribution in [0.2, 0.25) is 0 Å². The monoisotopic (exact) mass is 254 g/mol. The van der Waals surface area contributed by atoms with Gasteiger partial charge in [0, 0.05) is 5.56 Å². The molecule has 0 saturated heterocycles. The summed E-state index contributed by atoms with van der Waals surface area (Å²) in [6.07, 6.45) is 7.84. The molecule has 1 nitrogen and oxygen atoms in total. The van der Waals surface area contributed by atoms with Gasteiger partial charge in [0.1, 0.15) is 6.54 Å². The van der Waals surface area contributed by atoms with Gasteiger partial charge in [-0.25, -0.2) is 0 Å². The normalized spacial score (nSPS) is 10.7. The molecule has 0 aliphatic heterocycles. The third-order valence-electron chi connectivity index (χ3n) is 3.33. The quantitative estimate of drug-likeness (QED) is 0.457. The Hall–Kier alpha value is -1.86. The first-order chi connectivity index (χ1) is 9.21. The average Bonchev–Trinajstić information content (AvgIpc) is 2.40. The van der Waals surface area contributed by atoms with Gasteiger partial charge in [0.25, 0.3) is 0 Å². The topological polar surface area (TPSA) is 0 Å². The first-order valence-corrected chi connectivity index (χ1v) is 6.59. The molecule has 0 fully saturated rings. The smallest absolute Gasteiger partial charge is 0.106 e. The number of quaternary nitrogens is 1. The van der Waals surface area contributed by atoms with Crippen molar-refractivity contribution in [1.29, 1.82) is 0 Å². The minimum absolute atomic E-state index is 0.876. The molecule has 0 N–H and O–H groups in total. The van der Waals surface area contributed by atoms with E-state index in [1.807, 2.05) is 30.4 Å². The Morgan fingerprint density at radius 3 is 1.84 bits per heavy atom. The van der Waals surface area contributed by atoms with E-state index in [9.17, 15) is 0 Å². The fraction of sp³-hybridized carbons (Fsp3) is 0.222. The van der Waals surface area contributed by atoms with Crippen LogP contribution < -0.4 is 0 Å². The number of nitrogens with zero attached hydrogens (tertiary/aromatic N) is 1. The summed E-state index contributed by atoms with van der Waals surface area (Å²) >= 11 is 0. The van der Waals surface area contributed by atoms with Crippen molar-refractivity contribution in [2.45, 2.75) is 6.54 Å². The van der Waals surface area contributed by atoms with E-state index in [1.165, 1.54) is 11.1 Å². The van der Waals surface area contributed by atoms with Crippen molar-refractivity contribution in [1.82, 2.24) is 0 Å². The number of benzene rings is 1. The largest absolute Gasteiger partial charge is 0.310 e. The summed E-state index contributed by atoms with van der Waals surface area (Å²) in [6.45, 7) is 19.2. The van der Waals surface area contributed by atoms with Gasteiger partial charge in [-0.2, -0.15) is 0 Å². The molecule has 0 spiro atoms. The Bertz CT molecular complexity index is 430. The maximum absolute atomic E-state index is 3.89. The summed E-state index contributed by atoms with van der Waals surface area (Å²) in [7, 11) is 0. The molecule has 0 saturated carbocycles. The van der Waals surface area contributed by atoms with E-state index in [2.05, 4.69) is 44.5 Å². The Labute approximate surface area is 117 Å². The highest BCUT2D eigenvalue weighted by molar-refractivity contribution is 5.51. The second-order valence-corrected chi connectivity index (χ2v) is 4.82. The van der Waals surface area contributed by atoms with Crippen molar-refractivity contribution < 1.29 is 4.48 Å². The molecule has 1 aromatic carbocycles. The predicted molar refractivity (Wildman–Crippen MR) is 85.7 cm³/mol. The zero-order valence-electron chi connectivity index (χ0n) is 11.7. The first kappa shape index (κ1) is 15.2. The lowest BCUT2D eigenvalue weighted by Crippen LogP contribution is -2.47. The molecule has 0 heterocycles. The van der Waals surface area contributed by atoms with Gasteiger partial charge < -0.3 is 4.48 Å². The lowest BCUT2D eigenvalue weighted by molar-refractivity contribution is -0.924. The van der Waals surface area contributed by atoms with Crippen molar-refractivity contribution in [2.75, 3.05) is 19.6 Å². The van der Waals surface area contributed by atoms with E-state index in [1.54, 1.807) is 0 Å². The first-order valence-electron chi connectivity index (χ1n) is 6.59. The van der Waals surface area contributed by atoms with Gasteiger partial charge >= 0.3 is 0 Å². The molecule has 0 radical (unpaired) electrons. The van der Waals surface area contributed by atoms with Crippen molar-refractivity contribution >= 4 is 6.08 Å². The lowest BCUT2D eigenvalue weighted by Gasteiger charge is -2.36. The number of hydrogen-bond acceptors (Lipinski definition) is 0. The summed E-state index contributed by atoms with van der Waals surface area (Å²) in [5.41, 5.74) is 2.50. The number of hydrogen-bond donors (Lipinski definition) is 0. The highest BCUT2D eigenvalue weighted by Crippen LogP contribution is 2.19. The Morgan fingerprint density at radius 1 is 0.842 bits per heavy atom. The summed E-state index contributed by atoms with van der Waals surface area (Å²) in [5.74, 6) is 0. The van der Waals surface area contributed by atoms with E-state index in [0.717, 1.165) is 30.7 Å². The average molecular weight is 254 g/mol. The van der Waals surface area contributed by atoms with E-state index >= 15 is 0 Å². The zero-order valence-corrected chi connectivity index (χ0v) is 11.7. The van der Waals surface area contributed by atoms with Crippen molar-refractivity contribution in [3.8, 4) is 0 Å². The molecule has 0 unspecified atom stereocenters. The van der Waals surface area contributed by atoms with Crippen molar-refractivity contribution in [3.05, 3.63) is 79.9 Å². The lowest BCUT2D eigenvalue weighted by atomic mass is 10.1. The zero-order chi connectivity index (χ0) is 14.1. The van der Waals surface area contributed by atoms with Gasteiger partial charge in [-0.3, -0.25) is 0 Å². The van der Waals surface area contributed by atoms with Crippen LogP contribution in [0.4, 0.5) is 0 Å². The maximum Gasteiger partial charge on any atom is 0.106 e. The molecule has 0 aliphatic carbocycles. The van der Waals surface area contributed by atoms with Crippen LogP contribution >= 0.6 is 0 Å². The highest BCUT2D eigenvalue weighted by atomic mass is 15.3. The Balaban J connectivity index is 3.10. The SMILES string of the molecule is C=CC[N+](CC=C)(CC=C)Cc1ccccc1C=C. The van der Waals surface area contributed by atoms with Crippen LogP contribution in [0.3, 0.4) is 0 Å². The second kappa shape index (κ2) is 7.55. The van der Waals surface area contributed by atoms with E-state index in [-0.39, 0.29) is 0 Å². The second-order valence-electron chi connectivity index (χ2n) is 4.82. The van der Waals surface area contributed by atoms with Crippen molar-refractivity contribution in [2.24, 2.45) is 0 Å². The van der Waals surface area contributed by atoms with Crippen LogP contribution in [0.5, 0.6) is 0 Å². The molecular formula is C18H24N+. The molecule has 1 aromatic rings. The van der Waals surface area contributed by atoms with Crippen LogP contribution in [0, 0.1) is 0 Å². The summed E-state index contributed by atoms with van der Waals surface area (Å²) in [5, 5.41) is 0. The minimum Gasteiger partial charge on any atom is -0.310 e. The van der Waals surface area contributed by atoms with E-state index in [0.29, 0.717) is 0 Å². The minimum atomic E-state index is 0.876. The van der Waals surface area contributed by atoms with Crippen molar-refractivity contribution in [3.63, 3.8) is 0 Å². The van der Waals surface area contributed by atoms with Crippen LogP contribution in [0.25, 0.3) is 6.08 Å². The molecule has 19 heavy (non-hydrogen) atoms. The molecule has 0 aliphatic rings. The molecule has 0 amide bonds. The van der Waals surface area contributed by atoms with Gasteiger partial charge in [-0.1, -0.05) is 56.7 Å². The van der Waals surface area contributed by atoms with E-state index < -0.39 is 0 Å². The highest BCUT2D eigenvalue weighted by Gasteiger charge is 2.24. The van der Waals surface area contributed by atoms with Gasteiger partial charge in [-0.05, 0) is 23.8 Å². The molecule has 100 valence electrons. The third kappa shape index (κ3) is 4.08. The van der Waals surface area contributed by atoms with Crippen LogP contribution in [0.15, 0.2) is 68.8 Å². The molecule has 0 bridgehead atoms. The van der Waals surface area contributed by atoms with Crippen LogP contribution in [0.1, 0.15) is 11.1 Å². The summed E-state index contributed by atoms with van der Waals surface area (Å²) in [4.78, 5) is 0. The molecule has 0 atom stereocenters. The van der Waals surface area contributed by atoms with Crippen LogP contribution in [-0.4, -0.2) is 24.1 Å². The predicted octanol–water partition coefficient (Wildman–Crippen LogP) is 4.20. The summed E-state index contributed by atoms with van der Waals surface area (Å²) < 4.78 is 0.876. The standard InChI is InChI=1S/C18H24N/c1-5-13-19(14-6-2,15-7-3)16-18-12-10-9-11-17(18)8-4/h5-12H,1-4,13-16H2/q+1. The van der Waals surface area contributed by atoms with Crippen LogP contribution in [-0.2, 0) is 6.54 Å². The molecular weight excluding hydrogens is 230 g/mol. The fourth-order valence-electron chi connectivity index (χ4n) is 2.48. The van der Waals surface area contributed by atoms with E-state index in [4.69, 9.17) is 0 Å². The van der Waals surface area contributed by atoms with Gasteiger partial charge in [0.15, 0.2) is 0 Å². The molecule has 1 rings (SSSR count).